The summed E-state index contributed by atoms with van der Waals surface area (Å²) >= 11 is 0. The minimum atomic E-state index is -0.852. The smallest absolute Gasteiger partial charge is 0.305 e. The van der Waals surface area contributed by atoms with Gasteiger partial charge in [0, 0.05) is 12.8 Å². The third kappa shape index (κ3) is 55.1. The van der Waals surface area contributed by atoms with Gasteiger partial charge in [-0.2, -0.15) is 0 Å². The van der Waals surface area contributed by atoms with Gasteiger partial charge in [-0.15, -0.1) is 0 Å². The molecular formula is C64H119NO5. The standard InChI is InChI=1S/C64H119NO5/c1-3-5-7-9-11-13-15-17-18-19-27-30-33-36-40-44-48-52-56-62(67)61(60-66)65-63(68)57-53-49-45-41-37-34-31-28-25-23-21-20-22-24-26-29-32-35-39-43-47-51-55-59-70-64(69)58-54-50-46-42-38-16-14-12-10-8-6-4-2/h12,14,20,22-23,25,52,56,61-62,66-67H,3-11,13,15-19,21,24,26-51,53-55,57-60H2,1-2H3,(H,65,68)/b14-12-,22-20-,25-23-,56-52+. The first-order valence-corrected chi connectivity index (χ1v) is 30.9. The largest absolute Gasteiger partial charge is 0.466 e. The summed E-state index contributed by atoms with van der Waals surface area (Å²) in [6.45, 7) is 4.88. The van der Waals surface area contributed by atoms with Crippen molar-refractivity contribution in [1.82, 2.24) is 5.32 Å². The highest BCUT2D eigenvalue weighted by molar-refractivity contribution is 5.76. The molecule has 0 spiro atoms. The zero-order chi connectivity index (χ0) is 50.7. The Labute approximate surface area is 436 Å². The zero-order valence-electron chi connectivity index (χ0n) is 46.7. The molecule has 6 heteroatoms. The molecule has 0 fully saturated rings. The summed E-state index contributed by atoms with van der Waals surface area (Å²) in [5.74, 6) is -0.0811. The maximum Gasteiger partial charge on any atom is 0.305 e. The van der Waals surface area contributed by atoms with Gasteiger partial charge in [0.05, 0.1) is 25.4 Å². The van der Waals surface area contributed by atoms with Crippen LogP contribution in [-0.2, 0) is 14.3 Å². The van der Waals surface area contributed by atoms with Crippen molar-refractivity contribution in [3.63, 3.8) is 0 Å². The molecule has 2 atom stereocenters. The average Bonchev–Trinajstić information content (AvgIpc) is 3.36. The predicted octanol–water partition coefficient (Wildman–Crippen LogP) is 19.4. The van der Waals surface area contributed by atoms with Gasteiger partial charge in [-0.3, -0.25) is 9.59 Å². The number of hydrogen-bond donors (Lipinski definition) is 3. The Hall–Kier alpha value is -2.18. The minimum Gasteiger partial charge on any atom is -0.466 e. The molecule has 0 saturated heterocycles. The number of aliphatic hydroxyl groups is 2. The third-order valence-corrected chi connectivity index (χ3v) is 14.1. The van der Waals surface area contributed by atoms with Crippen LogP contribution in [0.5, 0.6) is 0 Å². The number of hydrogen-bond acceptors (Lipinski definition) is 5. The van der Waals surface area contributed by atoms with E-state index >= 15 is 0 Å². The number of carbonyl (C=O) groups excluding carboxylic acids is 2. The predicted molar refractivity (Wildman–Crippen MR) is 306 cm³/mol. The summed E-state index contributed by atoms with van der Waals surface area (Å²) in [4.78, 5) is 24.5. The van der Waals surface area contributed by atoms with Gasteiger partial charge in [0.25, 0.3) is 0 Å². The van der Waals surface area contributed by atoms with E-state index in [0.29, 0.717) is 19.4 Å². The van der Waals surface area contributed by atoms with Crippen molar-refractivity contribution in [1.29, 1.82) is 0 Å². The Kier molecular flexibility index (Phi) is 57.5. The van der Waals surface area contributed by atoms with Crippen LogP contribution < -0.4 is 5.32 Å². The van der Waals surface area contributed by atoms with Crippen LogP contribution in [0, 0.1) is 0 Å². The number of esters is 1. The maximum absolute atomic E-state index is 12.5. The van der Waals surface area contributed by atoms with Crippen LogP contribution >= 0.6 is 0 Å². The fourth-order valence-electron chi connectivity index (χ4n) is 9.31. The summed E-state index contributed by atoms with van der Waals surface area (Å²) in [5.41, 5.74) is 0. The summed E-state index contributed by atoms with van der Waals surface area (Å²) < 4.78 is 5.46. The Morgan fingerprint density at radius 1 is 0.400 bits per heavy atom. The van der Waals surface area contributed by atoms with Crippen LogP contribution in [0.25, 0.3) is 0 Å². The van der Waals surface area contributed by atoms with E-state index in [1.807, 2.05) is 6.08 Å². The van der Waals surface area contributed by atoms with Crippen molar-refractivity contribution in [2.24, 2.45) is 0 Å². The number of amides is 1. The number of unbranched alkanes of at least 4 members (excludes halogenated alkanes) is 40. The first kappa shape index (κ1) is 67.8. The molecule has 0 saturated carbocycles. The number of ether oxygens (including phenoxy) is 1. The van der Waals surface area contributed by atoms with Gasteiger partial charge >= 0.3 is 5.97 Å². The summed E-state index contributed by atoms with van der Waals surface area (Å²) in [7, 11) is 0. The maximum atomic E-state index is 12.5. The van der Waals surface area contributed by atoms with Crippen LogP contribution in [0.15, 0.2) is 48.6 Å². The second-order valence-corrected chi connectivity index (χ2v) is 21.0. The van der Waals surface area contributed by atoms with E-state index < -0.39 is 12.1 Å². The van der Waals surface area contributed by atoms with Crippen molar-refractivity contribution in [2.45, 2.75) is 334 Å². The number of carbonyl (C=O) groups is 2. The van der Waals surface area contributed by atoms with E-state index in [-0.39, 0.29) is 18.5 Å². The first-order chi connectivity index (χ1) is 34.5. The number of allylic oxidation sites excluding steroid dienone is 7. The topological polar surface area (TPSA) is 95.9 Å². The highest BCUT2D eigenvalue weighted by atomic mass is 16.5. The SMILES string of the molecule is CCCCC/C=C\CCCCCCCC(=O)OCCCCCCCCCCC/C=C\C/C=C\CCCCCCCCCC(=O)NC(CO)C(O)/C=C/CCCCCCCCCCCCCCCCCC. The van der Waals surface area contributed by atoms with Gasteiger partial charge in [-0.05, 0) is 89.9 Å². The van der Waals surface area contributed by atoms with Crippen LogP contribution in [0.1, 0.15) is 322 Å². The molecular weight excluding hydrogens is 863 g/mol. The van der Waals surface area contributed by atoms with E-state index in [1.54, 1.807) is 6.08 Å². The van der Waals surface area contributed by atoms with E-state index in [9.17, 15) is 19.8 Å². The van der Waals surface area contributed by atoms with Gasteiger partial charge in [-0.1, -0.05) is 268 Å². The molecule has 70 heavy (non-hydrogen) atoms. The molecule has 2 unspecified atom stereocenters. The van der Waals surface area contributed by atoms with Gasteiger partial charge in [0.1, 0.15) is 0 Å². The number of nitrogens with one attached hydrogen (secondary N) is 1. The lowest BCUT2D eigenvalue weighted by Crippen LogP contribution is -2.45. The van der Waals surface area contributed by atoms with Crippen molar-refractivity contribution >= 4 is 11.9 Å². The Balaban J connectivity index is 3.49. The van der Waals surface area contributed by atoms with E-state index in [4.69, 9.17) is 4.74 Å². The molecule has 6 nitrogen and oxygen atoms in total. The van der Waals surface area contributed by atoms with E-state index in [0.717, 1.165) is 64.2 Å². The molecule has 0 aromatic heterocycles. The highest BCUT2D eigenvalue weighted by Gasteiger charge is 2.18. The van der Waals surface area contributed by atoms with Gasteiger partial charge in [0.15, 0.2) is 0 Å². The quantitative estimate of drug-likeness (QED) is 0.0321. The number of aliphatic hydroxyl groups excluding tert-OH is 2. The normalized spacial score (nSPS) is 12.9. The Morgan fingerprint density at radius 3 is 1.13 bits per heavy atom. The molecule has 0 bridgehead atoms. The fraction of sp³-hybridized carbons (Fsp3) is 0.844. The van der Waals surface area contributed by atoms with Crippen LogP contribution in [0.4, 0.5) is 0 Å². The van der Waals surface area contributed by atoms with Crippen LogP contribution in [-0.4, -0.2) is 47.4 Å². The third-order valence-electron chi connectivity index (χ3n) is 14.1. The Bertz CT molecular complexity index is 1180. The molecule has 3 N–H and O–H groups in total. The lowest BCUT2D eigenvalue weighted by atomic mass is 10.0. The van der Waals surface area contributed by atoms with Crippen LogP contribution in [0.3, 0.4) is 0 Å². The molecule has 0 aliphatic heterocycles. The molecule has 410 valence electrons. The molecule has 0 aromatic carbocycles. The summed E-state index contributed by atoms with van der Waals surface area (Å²) in [6, 6.07) is -0.637. The lowest BCUT2D eigenvalue weighted by molar-refractivity contribution is -0.143. The molecule has 0 heterocycles. The molecule has 0 aliphatic rings. The highest BCUT2D eigenvalue weighted by Crippen LogP contribution is 2.16. The average molecular weight is 983 g/mol. The van der Waals surface area contributed by atoms with Gasteiger partial charge in [-0.25, -0.2) is 0 Å². The second-order valence-electron chi connectivity index (χ2n) is 21.0. The molecule has 1 amide bonds. The van der Waals surface area contributed by atoms with Crippen molar-refractivity contribution < 1.29 is 24.5 Å². The van der Waals surface area contributed by atoms with Crippen LogP contribution in [0.2, 0.25) is 0 Å². The zero-order valence-corrected chi connectivity index (χ0v) is 46.7. The first-order valence-electron chi connectivity index (χ1n) is 30.9. The molecule has 0 rings (SSSR count). The van der Waals surface area contributed by atoms with E-state index in [1.165, 1.54) is 231 Å². The molecule has 0 radical (unpaired) electrons. The van der Waals surface area contributed by atoms with Crippen molar-refractivity contribution in [3.8, 4) is 0 Å². The number of rotatable bonds is 57. The van der Waals surface area contributed by atoms with Crippen molar-refractivity contribution in [3.05, 3.63) is 48.6 Å². The molecule has 0 aliphatic carbocycles. The minimum absolute atomic E-state index is 0.00393. The van der Waals surface area contributed by atoms with Gasteiger partial charge < -0.3 is 20.3 Å². The Morgan fingerprint density at radius 2 is 0.714 bits per heavy atom. The summed E-state index contributed by atoms with van der Waals surface area (Å²) in [6.07, 6.45) is 75.7. The van der Waals surface area contributed by atoms with Crippen molar-refractivity contribution in [2.75, 3.05) is 13.2 Å². The van der Waals surface area contributed by atoms with Gasteiger partial charge in [0.2, 0.25) is 5.91 Å². The summed E-state index contributed by atoms with van der Waals surface area (Å²) in [5, 5.41) is 23.2. The lowest BCUT2D eigenvalue weighted by Gasteiger charge is -2.20. The van der Waals surface area contributed by atoms with E-state index in [2.05, 4.69) is 55.6 Å². The fourth-order valence-corrected chi connectivity index (χ4v) is 9.31. The molecule has 0 aromatic rings. The second kappa shape index (κ2) is 59.4. The monoisotopic (exact) mass is 982 g/mol.